The van der Waals surface area contributed by atoms with E-state index in [-0.39, 0.29) is 0 Å². The molecule has 44 valence electrons. The van der Waals surface area contributed by atoms with Gasteiger partial charge in [0.2, 0.25) is 0 Å². The highest BCUT2D eigenvalue weighted by molar-refractivity contribution is 7.69. The average Bonchev–Trinajstić information content (AvgIpc) is 2.10. The van der Waals surface area contributed by atoms with Crippen LogP contribution in [0.15, 0.2) is 0 Å². The molecule has 0 aliphatic rings. The highest BCUT2D eigenvalue weighted by Crippen LogP contribution is 1.59. The van der Waals surface area contributed by atoms with Crippen molar-refractivity contribution in [1.29, 1.82) is 0 Å². The minimum absolute atomic E-state index is 2.00. The minimum atomic E-state index is 2.00. The van der Waals surface area contributed by atoms with Crippen LogP contribution in [0.3, 0.4) is 0 Å². The standard InChI is InChI=1S/C2H6B10/c1-3-5-7-9-11-12-10-8-6-4-2/h1-2H3. The first-order chi connectivity index (χ1) is 5.91. The van der Waals surface area contributed by atoms with Gasteiger partial charge in [0.15, 0.2) is 0 Å². The van der Waals surface area contributed by atoms with E-state index in [0.717, 1.165) is 0 Å². The third-order valence-electron chi connectivity index (χ3n) is 1.16. The van der Waals surface area contributed by atoms with Gasteiger partial charge in [-0.15, -0.1) is 13.6 Å². The normalized spacial score (nSPS) is 7.17. The van der Waals surface area contributed by atoms with E-state index in [9.17, 15) is 0 Å². The van der Waals surface area contributed by atoms with Gasteiger partial charge in [-0.2, -0.15) is 0 Å². The van der Waals surface area contributed by atoms with Crippen LogP contribution in [0, 0.1) is 0 Å². The van der Waals surface area contributed by atoms with Crippen LogP contribution in [-0.4, -0.2) is 70.8 Å². The zero-order valence-electron chi connectivity index (χ0n) is 7.77. The van der Waals surface area contributed by atoms with E-state index in [1.165, 1.54) is 0 Å². The maximum absolute atomic E-state index is 2.00. The third-order valence-corrected chi connectivity index (χ3v) is 1.16. The maximum Gasteiger partial charge on any atom is 0.0502 e. The van der Waals surface area contributed by atoms with E-state index in [1.54, 1.807) is 0 Å². The van der Waals surface area contributed by atoms with Crippen molar-refractivity contribution >= 4 is 70.8 Å². The van der Waals surface area contributed by atoms with Crippen LogP contribution >= 0.6 is 0 Å². The van der Waals surface area contributed by atoms with Crippen molar-refractivity contribution in [1.82, 2.24) is 0 Å². The summed E-state index contributed by atoms with van der Waals surface area (Å²) >= 11 is 0. The van der Waals surface area contributed by atoms with Crippen LogP contribution in [0.1, 0.15) is 0 Å². The van der Waals surface area contributed by atoms with E-state index >= 15 is 0 Å². The Kier molecular flexibility index (Phi) is 12.3. The van der Waals surface area contributed by atoms with Crippen LogP contribution in [0.5, 0.6) is 0 Å². The molecule has 0 nitrogen and oxygen atoms in total. The van der Waals surface area contributed by atoms with Crippen LogP contribution in [0.4, 0.5) is 0 Å². The van der Waals surface area contributed by atoms with Crippen molar-refractivity contribution in [3.05, 3.63) is 0 Å². The largest absolute Gasteiger partial charge is 0.101 e. The second-order valence-corrected chi connectivity index (χ2v) is 2.21. The van der Waals surface area contributed by atoms with Crippen molar-refractivity contribution in [2.24, 2.45) is 0 Å². The second-order valence-electron chi connectivity index (χ2n) is 2.21. The highest BCUT2D eigenvalue weighted by atomic mass is 12.9. The lowest BCUT2D eigenvalue weighted by atomic mass is 8.88. The summed E-state index contributed by atoms with van der Waals surface area (Å²) in [6, 6.07) is 0. The molecule has 0 saturated carbocycles. The fourth-order valence-corrected chi connectivity index (χ4v) is 0.607. The minimum Gasteiger partial charge on any atom is -0.101 e. The Morgan fingerprint density at radius 2 is 0.667 bits per heavy atom. The third kappa shape index (κ3) is 10.6. The van der Waals surface area contributed by atoms with E-state index in [0.29, 0.717) is 0 Å². The monoisotopic (exact) mass is 140 g/mol. The summed E-state index contributed by atoms with van der Waals surface area (Å²) in [7, 11) is 20.0. The number of hydrogen-bond acceptors (Lipinski definition) is 0. The predicted octanol–water partition coefficient (Wildman–Crippen LogP) is -2.64. The smallest absolute Gasteiger partial charge is 0.0502 e. The topological polar surface area (TPSA) is 0 Å². The van der Waals surface area contributed by atoms with Crippen molar-refractivity contribution in [2.45, 2.75) is 13.6 Å². The van der Waals surface area contributed by atoms with Gasteiger partial charge in [-0.05, 0) is 0 Å². The molecule has 10 radical (unpaired) electrons. The van der Waals surface area contributed by atoms with Crippen molar-refractivity contribution in [3.63, 3.8) is 0 Å². The molecule has 12 heavy (non-hydrogen) atoms. The van der Waals surface area contributed by atoms with E-state index in [4.69, 9.17) is 0 Å². The van der Waals surface area contributed by atoms with Gasteiger partial charge in [0.1, 0.15) is 0 Å². The molecule has 0 spiro atoms. The number of hydrogen-bond donors (Lipinski definition) is 0. The van der Waals surface area contributed by atoms with Crippen molar-refractivity contribution in [3.8, 4) is 0 Å². The lowest BCUT2D eigenvalue weighted by Crippen LogP contribution is -2.31. The first kappa shape index (κ1) is 12.6. The summed E-state index contributed by atoms with van der Waals surface area (Å²) in [6.07, 6.45) is 0. The highest BCUT2D eigenvalue weighted by Gasteiger charge is 1.95. The van der Waals surface area contributed by atoms with Gasteiger partial charge in [-0.1, -0.05) is 0 Å². The molecule has 0 atom stereocenters. The molecular formula is C2H6B10. The lowest BCUT2D eigenvalue weighted by Gasteiger charge is -1.94. The van der Waals surface area contributed by atoms with E-state index in [2.05, 4.69) is 0 Å². The molecule has 0 rings (SSSR count). The average molecular weight is 138 g/mol. The lowest BCUT2D eigenvalue weighted by molar-refractivity contribution is 2.37. The molecule has 0 N–H and O–H groups in total. The molecule has 0 aliphatic carbocycles. The summed E-state index contributed by atoms with van der Waals surface area (Å²) in [5, 5.41) is 0. The summed E-state index contributed by atoms with van der Waals surface area (Å²) in [4.78, 5) is 0. The van der Waals surface area contributed by atoms with E-state index < -0.39 is 0 Å². The molecule has 0 heterocycles. The summed E-state index contributed by atoms with van der Waals surface area (Å²) in [5.74, 6) is 0. The molecule has 0 amide bonds. The molecule has 0 unspecified atom stereocenters. The number of rotatable bonds is 9. The first-order valence-corrected chi connectivity index (χ1v) is 4.15. The summed E-state index contributed by atoms with van der Waals surface area (Å²) < 4.78 is 0. The molecule has 0 fully saturated rings. The molecule has 0 saturated heterocycles. The zero-order chi connectivity index (χ0) is 9.07. The van der Waals surface area contributed by atoms with Crippen molar-refractivity contribution < 1.29 is 0 Å². The molecule has 0 aromatic heterocycles. The fourth-order valence-electron chi connectivity index (χ4n) is 0.607. The Balaban J connectivity index is 2.73. The first-order valence-electron chi connectivity index (χ1n) is 4.15. The van der Waals surface area contributed by atoms with Gasteiger partial charge in [-0.25, -0.2) is 0 Å². The second kappa shape index (κ2) is 11.6. The Morgan fingerprint density at radius 3 is 0.917 bits per heavy atom. The Morgan fingerprint density at radius 1 is 0.417 bits per heavy atom. The van der Waals surface area contributed by atoms with Crippen molar-refractivity contribution in [2.75, 3.05) is 0 Å². The SMILES string of the molecule is C[B][B][B][B][B][B][B][B][B][B]C. The molecule has 0 bridgehead atoms. The molecule has 0 aliphatic heterocycles. The van der Waals surface area contributed by atoms with Crippen LogP contribution in [-0.2, 0) is 0 Å². The van der Waals surface area contributed by atoms with Gasteiger partial charge in [0.25, 0.3) is 0 Å². The van der Waals surface area contributed by atoms with Crippen LogP contribution in [0.25, 0.3) is 0 Å². The molecular weight excluding hydrogens is 132 g/mol. The Bertz CT molecular complexity index is 64.2. The van der Waals surface area contributed by atoms with Gasteiger partial charge in [0, 0.05) is 56.5 Å². The summed E-state index contributed by atoms with van der Waals surface area (Å²) in [6.45, 7) is 4.00. The Labute approximate surface area is 84.8 Å². The quantitative estimate of drug-likeness (QED) is 0.241. The van der Waals surface area contributed by atoms with Gasteiger partial charge < -0.3 is 0 Å². The van der Waals surface area contributed by atoms with Gasteiger partial charge in [-0.3, -0.25) is 0 Å². The molecule has 0 aromatic carbocycles. The maximum atomic E-state index is 2.00. The van der Waals surface area contributed by atoms with Crippen LogP contribution < -0.4 is 0 Å². The van der Waals surface area contributed by atoms with E-state index in [1.807, 2.05) is 84.5 Å². The van der Waals surface area contributed by atoms with Gasteiger partial charge in [0.05, 0.1) is 14.3 Å². The Hall–Kier alpha value is 0.649. The van der Waals surface area contributed by atoms with Gasteiger partial charge >= 0.3 is 0 Å². The zero-order valence-corrected chi connectivity index (χ0v) is 7.77. The summed E-state index contributed by atoms with van der Waals surface area (Å²) in [5.41, 5.74) is 0. The van der Waals surface area contributed by atoms with Crippen LogP contribution in [0.2, 0.25) is 13.6 Å². The molecule has 10 heteroatoms. The fraction of sp³-hybridized carbons (Fsp3) is 1.00. The predicted molar refractivity (Wildman–Crippen MR) is 69.3 cm³/mol. The molecule has 0 aromatic rings.